The molecule has 0 radical (unpaired) electrons. The van der Waals surface area contributed by atoms with Gasteiger partial charge in [0.2, 0.25) is 12.0 Å². The predicted molar refractivity (Wildman–Crippen MR) is 69.6 cm³/mol. The van der Waals surface area contributed by atoms with E-state index in [1.165, 1.54) is 0 Å². The zero-order chi connectivity index (χ0) is 13.9. The number of hydrogen-bond donors (Lipinski definition) is 0. The highest BCUT2D eigenvalue weighted by atomic mass is 19.1. The fourth-order valence-corrected chi connectivity index (χ4v) is 1.72. The molecule has 98 valence electrons. The Morgan fingerprint density at radius 1 is 1.28 bits per heavy atom. The fourth-order valence-electron chi connectivity index (χ4n) is 1.72. The summed E-state index contributed by atoms with van der Waals surface area (Å²) in [5.74, 6) is -1.76. The Balaban J connectivity index is 3.00. The monoisotopic (exact) mass is 250 g/mol. The third-order valence-corrected chi connectivity index (χ3v) is 3.24. The van der Waals surface area contributed by atoms with E-state index in [-0.39, 0.29) is 0 Å². The standard InChI is InChI=1S/C15H19FO2/c1-5-10(3)14(17)13(16)15(18)12-8-9(2)6-7-11(12)4/h6-8,10,13H,5H2,1-4H3. The maximum atomic E-state index is 13.9. The second kappa shape index (κ2) is 5.89. The Kier molecular flexibility index (Phi) is 4.76. The van der Waals surface area contributed by atoms with Gasteiger partial charge in [0.25, 0.3) is 0 Å². The van der Waals surface area contributed by atoms with E-state index in [4.69, 9.17) is 0 Å². The Bertz CT molecular complexity index is 466. The zero-order valence-corrected chi connectivity index (χ0v) is 11.3. The van der Waals surface area contributed by atoms with Crippen molar-refractivity contribution in [2.24, 2.45) is 5.92 Å². The molecule has 3 heteroatoms. The Morgan fingerprint density at radius 3 is 2.44 bits per heavy atom. The molecule has 2 nitrogen and oxygen atoms in total. The van der Waals surface area contributed by atoms with Gasteiger partial charge in [-0.05, 0) is 31.9 Å². The summed E-state index contributed by atoms with van der Waals surface area (Å²) in [5, 5.41) is 0. The summed E-state index contributed by atoms with van der Waals surface area (Å²) in [4.78, 5) is 23.7. The van der Waals surface area contributed by atoms with Gasteiger partial charge in [0, 0.05) is 11.5 Å². The second-order valence-electron chi connectivity index (χ2n) is 4.76. The maximum Gasteiger partial charge on any atom is 0.221 e. The van der Waals surface area contributed by atoms with Crippen molar-refractivity contribution in [1.82, 2.24) is 0 Å². The molecule has 0 heterocycles. The molecular formula is C15H19FO2. The normalized spacial score (nSPS) is 14.1. The summed E-state index contributed by atoms with van der Waals surface area (Å²) in [6.45, 7) is 7.02. The fraction of sp³-hybridized carbons (Fsp3) is 0.467. The van der Waals surface area contributed by atoms with Gasteiger partial charge in [-0.2, -0.15) is 0 Å². The van der Waals surface area contributed by atoms with E-state index >= 15 is 0 Å². The first-order valence-corrected chi connectivity index (χ1v) is 6.17. The molecule has 0 fully saturated rings. The van der Waals surface area contributed by atoms with Crippen LogP contribution in [0.25, 0.3) is 0 Å². The van der Waals surface area contributed by atoms with E-state index in [0.29, 0.717) is 17.5 Å². The molecule has 0 bridgehead atoms. The largest absolute Gasteiger partial charge is 0.296 e. The molecule has 0 N–H and O–H groups in total. The lowest BCUT2D eigenvalue weighted by molar-refractivity contribution is -0.125. The van der Waals surface area contributed by atoms with E-state index < -0.39 is 23.7 Å². The Labute approximate surface area is 107 Å². The highest BCUT2D eigenvalue weighted by molar-refractivity contribution is 6.14. The van der Waals surface area contributed by atoms with Crippen molar-refractivity contribution in [3.63, 3.8) is 0 Å². The van der Waals surface area contributed by atoms with Gasteiger partial charge in [0.1, 0.15) is 0 Å². The molecule has 1 aromatic rings. The second-order valence-corrected chi connectivity index (χ2v) is 4.76. The Morgan fingerprint density at radius 2 is 1.89 bits per heavy atom. The molecule has 18 heavy (non-hydrogen) atoms. The first-order chi connectivity index (χ1) is 8.38. The number of halogens is 1. The molecule has 1 aromatic carbocycles. The highest BCUT2D eigenvalue weighted by Crippen LogP contribution is 2.17. The summed E-state index contributed by atoms with van der Waals surface area (Å²) < 4.78 is 13.9. The molecule has 0 aliphatic carbocycles. The molecule has 1 rings (SSSR count). The van der Waals surface area contributed by atoms with Gasteiger partial charge in [0.15, 0.2) is 5.78 Å². The van der Waals surface area contributed by atoms with E-state index in [1.807, 2.05) is 13.0 Å². The summed E-state index contributed by atoms with van der Waals surface area (Å²) >= 11 is 0. The number of rotatable bonds is 5. The first kappa shape index (κ1) is 14.6. The van der Waals surface area contributed by atoms with Crippen molar-refractivity contribution >= 4 is 11.6 Å². The maximum absolute atomic E-state index is 13.9. The topological polar surface area (TPSA) is 34.1 Å². The van der Waals surface area contributed by atoms with Crippen molar-refractivity contribution in [3.8, 4) is 0 Å². The number of ketones is 2. The first-order valence-electron chi connectivity index (χ1n) is 6.17. The lowest BCUT2D eigenvalue weighted by atomic mass is 9.93. The minimum absolute atomic E-state index is 0.305. The van der Waals surface area contributed by atoms with E-state index in [2.05, 4.69) is 0 Å². The van der Waals surface area contributed by atoms with Crippen LogP contribution in [0.3, 0.4) is 0 Å². The zero-order valence-electron chi connectivity index (χ0n) is 11.3. The highest BCUT2D eigenvalue weighted by Gasteiger charge is 2.30. The number of Topliss-reactive ketones (excluding diaryl/α,β-unsaturated/α-hetero) is 2. The minimum atomic E-state index is -2.04. The number of alkyl halides is 1. The number of carbonyl (C=O) groups excluding carboxylic acids is 2. The van der Waals surface area contributed by atoms with Crippen LogP contribution in [0.5, 0.6) is 0 Å². The third kappa shape index (κ3) is 3.03. The van der Waals surface area contributed by atoms with Crippen molar-refractivity contribution in [2.45, 2.75) is 40.3 Å². The Hall–Kier alpha value is -1.51. The SMILES string of the molecule is CCC(C)C(=O)C(F)C(=O)c1cc(C)ccc1C. The molecular weight excluding hydrogens is 231 g/mol. The summed E-state index contributed by atoms with van der Waals surface area (Å²) in [7, 11) is 0. The van der Waals surface area contributed by atoms with Crippen LogP contribution >= 0.6 is 0 Å². The van der Waals surface area contributed by atoms with Crippen LogP contribution in [0.1, 0.15) is 41.8 Å². The van der Waals surface area contributed by atoms with Gasteiger partial charge in [-0.1, -0.05) is 31.5 Å². The quantitative estimate of drug-likeness (QED) is 0.592. The molecule has 0 saturated carbocycles. The van der Waals surface area contributed by atoms with Gasteiger partial charge in [0.05, 0.1) is 0 Å². The number of benzene rings is 1. The van der Waals surface area contributed by atoms with Crippen molar-refractivity contribution in [2.75, 3.05) is 0 Å². The van der Waals surface area contributed by atoms with Gasteiger partial charge in [-0.15, -0.1) is 0 Å². The summed E-state index contributed by atoms with van der Waals surface area (Å²) in [6, 6.07) is 5.26. The number of carbonyl (C=O) groups is 2. The summed E-state index contributed by atoms with van der Waals surface area (Å²) in [5.41, 5.74) is 1.89. The van der Waals surface area contributed by atoms with Crippen LogP contribution in [0.2, 0.25) is 0 Å². The molecule has 0 aliphatic heterocycles. The third-order valence-electron chi connectivity index (χ3n) is 3.24. The van der Waals surface area contributed by atoms with Crippen molar-refractivity contribution in [3.05, 3.63) is 34.9 Å². The average Bonchev–Trinajstić information content (AvgIpc) is 2.38. The van der Waals surface area contributed by atoms with Gasteiger partial charge >= 0.3 is 0 Å². The van der Waals surface area contributed by atoms with E-state index in [0.717, 1.165) is 5.56 Å². The van der Waals surface area contributed by atoms with Gasteiger partial charge < -0.3 is 0 Å². The van der Waals surface area contributed by atoms with E-state index in [9.17, 15) is 14.0 Å². The van der Waals surface area contributed by atoms with Gasteiger partial charge in [-0.3, -0.25) is 9.59 Å². The van der Waals surface area contributed by atoms with Crippen LogP contribution < -0.4 is 0 Å². The van der Waals surface area contributed by atoms with Crippen LogP contribution in [-0.2, 0) is 4.79 Å². The molecule has 0 spiro atoms. The summed E-state index contributed by atoms with van der Waals surface area (Å²) in [6.07, 6.45) is -1.50. The smallest absolute Gasteiger partial charge is 0.221 e. The molecule has 0 aromatic heterocycles. The lowest BCUT2D eigenvalue weighted by Crippen LogP contribution is -2.30. The minimum Gasteiger partial charge on any atom is -0.296 e. The van der Waals surface area contributed by atoms with Crippen LogP contribution in [0, 0.1) is 19.8 Å². The predicted octanol–water partition coefficient (Wildman–Crippen LogP) is 3.44. The van der Waals surface area contributed by atoms with Crippen LogP contribution in [0.15, 0.2) is 18.2 Å². The molecule has 2 unspecified atom stereocenters. The van der Waals surface area contributed by atoms with E-state index in [1.54, 1.807) is 32.9 Å². The van der Waals surface area contributed by atoms with Gasteiger partial charge in [-0.25, -0.2) is 4.39 Å². The number of aryl methyl sites for hydroxylation is 2. The van der Waals surface area contributed by atoms with Crippen LogP contribution in [-0.4, -0.2) is 17.7 Å². The lowest BCUT2D eigenvalue weighted by Gasteiger charge is -2.13. The molecule has 0 amide bonds. The molecule has 0 aliphatic rings. The molecule has 2 atom stereocenters. The van der Waals surface area contributed by atoms with Crippen LogP contribution in [0.4, 0.5) is 4.39 Å². The number of hydrogen-bond acceptors (Lipinski definition) is 2. The average molecular weight is 250 g/mol. The van der Waals surface area contributed by atoms with Crippen molar-refractivity contribution < 1.29 is 14.0 Å². The van der Waals surface area contributed by atoms with Crippen molar-refractivity contribution in [1.29, 1.82) is 0 Å². The molecule has 0 saturated heterocycles.